The third-order valence-electron chi connectivity index (χ3n) is 3.16. The van der Waals surface area contributed by atoms with Crippen LogP contribution in [0.25, 0.3) is 0 Å². The van der Waals surface area contributed by atoms with Crippen LogP contribution < -0.4 is 14.2 Å². The van der Waals surface area contributed by atoms with Crippen LogP contribution in [0.4, 0.5) is 5.69 Å². The fourth-order valence-electron chi connectivity index (χ4n) is 2.06. The van der Waals surface area contributed by atoms with Crippen molar-refractivity contribution in [2.45, 2.75) is 6.61 Å². The Balaban J connectivity index is 2.30. The number of rotatable bonds is 10. The van der Waals surface area contributed by atoms with E-state index in [4.69, 9.17) is 24.4 Å². The van der Waals surface area contributed by atoms with Crippen LogP contribution in [0.15, 0.2) is 42.5 Å². The van der Waals surface area contributed by atoms with Crippen molar-refractivity contribution < 1.29 is 29.3 Å². The molecule has 0 radical (unpaired) electrons. The van der Waals surface area contributed by atoms with Crippen molar-refractivity contribution in [2.75, 3.05) is 26.4 Å². The van der Waals surface area contributed by atoms with Gasteiger partial charge in [0, 0.05) is 6.07 Å². The lowest BCUT2D eigenvalue weighted by atomic mass is 10.2. The van der Waals surface area contributed by atoms with E-state index < -0.39 is 4.92 Å². The molecule has 0 aliphatic rings. The average Bonchev–Trinajstić information content (AvgIpc) is 2.63. The number of hydrogen-bond donors (Lipinski definition) is 2. The van der Waals surface area contributed by atoms with Gasteiger partial charge in [0.05, 0.1) is 24.2 Å². The zero-order chi connectivity index (χ0) is 18.1. The lowest BCUT2D eigenvalue weighted by Crippen LogP contribution is -2.08. The van der Waals surface area contributed by atoms with E-state index in [0.29, 0.717) is 0 Å². The Kier molecular flexibility index (Phi) is 7.00. The molecule has 0 amide bonds. The van der Waals surface area contributed by atoms with Gasteiger partial charge in [-0.3, -0.25) is 10.1 Å². The summed E-state index contributed by atoms with van der Waals surface area (Å²) in [5, 5.41) is 29.1. The van der Waals surface area contributed by atoms with Gasteiger partial charge < -0.3 is 24.4 Å². The Hall–Kier alpha value is -2.84. The van der Waals surface area contributed by atoms with E-state index in [9.17, 15) is 10.1 Å². The van der Waals surface area contributed by atoms with E-state index in [1.54, 1.807) is 0 Å². The zero-order valence-electron chi connectivity index (χ0n) is 13.5. The lowest BCUT2D eigenvalue weighted by Gasteiger charge is -2.14. The second kappa shape index (κ2) is 9.45. The summed E-state index contributed by atoms with van der Waals surface area (Å²) in [5.41, 5.74) is 0.590. The highest BCUT2D eigenvalue weighted by Gasteiger charge is 2.21. The highest BCUT2D eigenvalue weighted by molar-refractivity contribution is 5.58. The number of ether oxygens (including phenoxy) is 3. The van der Waals surface area contributed by atoms with Crippen LogP contribution in [0, 0.1) is 10.1 Å². The van der Waals surface area contributed by atoms with E-state index >= 15 is 0 Å². The van der Waals surface area contributed by atoms with Crippen molar-refractivity contribution in [1.29, 1.82) is 0 Å². The Morgan fingerprint density at radius 2 is 1.48 bits per heavy atom. The van der Waals surface area contributed by atoms with Gasteiger partial charge in [0.2, 0.25) is 5.75 Å². The molecule has 0 aromatic heterocycles. The first kappa shape index (κ1) is 18.5. The summed E-state index contributed by atoms with van der Waals surface area (Å²) in [6.07, 6.45) is 0. The van der Waals surface area contributed by atoms with Gasteiger partial charge in [-0.2, -0.15) is 0 Å². The minimum absolute atomic E-state index is 0.00104. The van der Waals surface area contributed by atoms with Crippen molar-refractivity contribution in [1.82, 2.24) is 0 Å². The first-order valence-corrected chi connectivity index (χ1v) is 7.62. The van der Waals surface area contributed by atoms with Gasteiger partial charge in [-0.05, 0) is 5.56 Å². The van der Waals surface area contributed by atoms with E-state index in [1.807, 2.05) is 30.3 Å². The molecular weight excluding hydrogens is 330 g/mol. The normalized spacial score (nSPS) is 10.3. The van der Waals surface area contributed by atoms with Gasteiger partial charge >= 0.3 is 5.69 Å². The molecular formula is C17H19NO7. The maximum Gasteiger partial charge on any atom is 0.314 e. The Labute approximate surface area is 144 Å². The smallest absolute Gasteiger partial charge is 0.314 e. The second-order valence-electron chi connectivity index (χ2n) is 4.94. The molecule has 0 aliphatic carbocycles. The Bertz CT molecular complexity index is 691. The molecule has 0 fully saturated rings. The standard InChI is InChI=1S/C17H19NO7/c19-6-8-23-15-11-17(24-9-7-20)16(10-14(15)18(21)22)25-12-13-4-2-1-3-5-13/h1-5,10-11,19-20H,6-9,12H2. The van der Waals surface area contributed by atoms with Gasteiger partial charge in [-0.25, -0.2) is 0 Å². The molecule has 0 unspecified atom stereocenters. The molecule has 2 N–H and O–H groups in total. The summed E-state index contributed by atoms with van der Waals surface area (Å²) in [7, 11) is 0. The van der Waals surface area contributed by atoms with E-state index in [2.05, 4.69) is 0 Å². The van der Waals surface area contributed by atoms with Gasteiger partial charge in [0.15, 0.2) is 11.5 Å². The molecule has 8 nitrogen and oxygen atoms in total. The molecule has 2 aromatic carbocycles. The molecule has 0 bridgehead atoms. The lowest BCUT2D eigenvalue weighted by molar-refractivity contribution is -0.386. The monoisotopic (exact) mass is 349 g/mol. The highest BCUT2D eigenvalue weighted by Crippen LogP contribution is 2.39. The molecule has 2 rings (SSSR count). The largest absolute Gasteiger partial charge is 0.487 e. The fraction of sp³-hybridized carbons (Fsp3) is 0.294. The number of benzene rings is 2. The summed E-state index contributed by atoms with van der Waals surface area (Å²) < 4.78 is 16.2. The summed E-state index contributed by atoms with van der Waals surface area (Å²) in [6.45, 7) is -0.397. The molecule has 25 heavy (non-hydrogen) atoms. The first-order valence-electron chi connectivity index (χ1n) is 7.62. The minimum Gasteiger partial charge on any atom is -0.487 e. The number of aliphatic hydroxyl groups is 2. The van der Waals surface area contributed by atoms with Crippen molar-refractivity contribution in [3.63, 3.8) is 0 Å². The van der Waals surface area contributed by atoms with E-state index in [-0.39, 0.29) is 56.0 Å². The van der Waals surface area contributed by atoms with Gasteiger partial charge in [-0.1, -0.05) is 30.3 Å². The zero-order valence-corrected chi connectivity index (χ0v) is 13.5. The van der Waals surface area contributed by atoms with Crippen molar-refractivity contribution in [3.8, 4) is 17.2 Å². The minimum atomic E-state index is -0.599. The molecule has 2 aromatic rings. The quantitative estimate of drug-likeness (QED) is 0.498. The van der Waals surface area contributed by atoms with Gasteiger partial charge in [0.25, 0.3) is 0 Å². The molecule has 0 heterocycles. The molecule has 0 saturated carbocycles. The molecule has 0 atom stereocenters. The van der Waals surface area contributed by atoms with Crippen molar-refractivity contribution in [2.24, 2.45) is 0 Å². The summed E-state index contributed by atoms with van der Waals surface area (Å²) >= 11 is 0. The van der Waals surface area contributed by atoms with Crippen LogP contribution in [-0.4, -0.2) is 41.6 Å². The van der Waals surface area contributed by atoms with E-state index in [0.717, 1.165) is 5.56 Å². The average molecular weight is 349 g/mol. The number of nitrogens with zero attached hydrogens (tertiary/aromatic N) is 1. The third-order valence-corrected chi connectivity index (χ3v) is 3.16. The molecule has 0 saturated heterocycles. The van der Waals surface area contributed by atoms with Crippen LogP contribution in [-0.2, 0) is 6.61 Å². The summed E-state index contributed by atoms with van der Waals surface area (Å²) in [4.78, 5) is 10.7. The second-order valence-corrected chi connectivity index (χ2v) is 4.94. The highest BCUT2D eigenvalue weighted by atomic mass is 16.6. The van der Waals surface area contributed by atoms with Crippen molar-refractivity contribution in [3.05, 3.63) is 58.1 Å². The predicted octanol–water partition coefficient (Wildman–Crippen LogP) is 1.92. The molecule has 0 aliphatic heterocycles. The Morgan fingerprint density at radius 1 is 0.880 bits per heavy atom. The summed E-state index contributed by atoms with van der Waals surface area (Å²) in [6, 6.07) is 11.8. The topological polar surface area (TPSA) is 111 Å². The SMILES string of the molecule is O=[N+]([O-])c1cc(OCc2ccccc2)c(OCCO)cc1OCCO. The van der Waals surface area contributed by atoms with Crippen LogP contribution in [0.2, 0.25) is 0 Å². The maximum absolute atomic E-state index is 11.3. The van der Waals surface area contributed by atoms with Crippen LogP contribution >= 0.6 is 0 Å². The van der Waals surface area contributed by atoms with E-state index in [1.165, 1.54) is 12.1 Å². The van der Waals surface area contributed by atoms with Crippen LogP contribution in [0.5, 0.6) is 17.2 Å². The maximum atomic E-state index is 11.3. The van der Waals surface area contributed by atoms with Crippen LogP contribution in [0.3, 0.4) is 0 Å². The van der Waals surface area contributed by atoms with Crippen molar-refractivity contribution >= 4 is 5.69 Å². The molecule has 8 heteroatoms. The van der Waals surface area contributed by atoms with Gasteiger partial charge in [0.1, 0.15) is 19.8 Å². The predicted molar refractivity (Wildman–Crippen MR) is 89.0 cm³/mol. The molecule has 134 valence electrons. The number of nitro benzene ring substituents is 1. The Morgan fingerprint density at radius 3 is 2.08 bits per heavy atom. The first-order chi connectivity index (χ1) is 12.2. The summed E-state index contributed by atoms with van der Waals surface area (Å²) in [5.74, 6) is 0.336. The fourth-order valence-corrected chi connectivity index (χ4v) is 2.06. The third kappa shape index (κ3) is 5.33. The van der Waals surface area contributed by atoms with Gasteiger partial charge in [-0.15, -0.1) is 0 Å². The number of nitro groups is 1. The number of aliphatic hydroxyl groups excluding tert-OH is 2. The molecule has 0 spiro atoms. The van der Waals surface area contributed by atoms with Crippen LogP contribution in [0.1, 0.15) is 5.56 Å². The number of hydrogen-bond acceptors (Lipinski definition) is 7.